The van der Waals surface area contributed by atoms with Crippen LogP contribution >= 0.6 is 11.8 Å². The summed E-state index contributed by atoms with van der Waals surface area (Å²) in [4.78, 5) is 26.1. The van der Waals surface area contributed by atoms with Crippen molar-refractivity contribution in [2.24, 2.45) is 0 Å². The van der Waals surface area contributed by atoms with Gasteiger partial charge in [-0.1, -0.05) is 13.0 Å². The van der Waals surface area contributed by atoms with Gasteiger partial charge in [0.25, 0.3) is 0 Å². The summed E-state index contributed by atoms with van der Waals surface area (Å²) >= 11 is 1.85. The lowest BCUT2D eigenvalue weighted by Crippen LogP contribution is -2.40. The molecule has 0 saturated heterocycles. The highest BCUT2D eigenvalue weighted by Crippen LogP contribution is 2.04. The number of carboxylic acids is 1. The second kappa shape index (κ2) is 9.23. The molecule has 116 valence electrons. The molecule has 0 bridgehead atoms. The zero-order chi connectivity index (χ0) is 15.7. The molecule has 6 nitrogen and oxygen atoms in total. The number of nitrogens with one attached hydrogen (secondary N) is 2. The Balaban J connectivity index is 2.30. The molecule has 0 aromatic carbocycles. The molecule has 0 aliphatic rings. The van der Waals surface area contributed by atoms with E-state index in [0.29, 0.717) is 6.54 Å². The van der Waals surface area contributed by atoms with E-state index in [4.69, 9.17) is 5.11 Å². The second-order valence-corrected chi connectivity index (χ2v) is 5.96. The van der Waals surface area contributed by atoms with Crippen LogP contribution in [-0.4, -0.2) is 39.6 Å². The van der Waals surface area contributed by atoms with Crippen molar-refractivity contribution in [2.45, 2.75) is 32.9 Å². The largest absolute Gasteiger partial charge is 0.477 e. The van der Waals surface area contributed by atoms with Gasteiger partial charge in [0.05, 0.1) is 0 Å². The Hall–Kier alpha value is -1.76. The van der Waals surface area contributed by atoms with Crippen LogP contribution in [0.3, 0.4) is 0 Å². The highest BCUT2D eigenvalue weighted by Gasteiger charge is 2.07. The number of hydrogen-bond donors (Lipinski definition) is 3. The van der Waals surface area contributed by atoms with Crippen LogP contribution in [0.2, 0.25) is 0 Å². The molecule has 0 saturated carbocycles. The monoisotopic (exact) mass is 311 g/mol. The van der Waals surface area contributed by atoms with Crippen molar-refractivity contribution in [3.63, 3.8) is 0 Å². The summed E-state index contributed by atoms with van der Waals surface area (Å²) in [6.45, 7) is 4.40. The smallest absolute Gasteiger partial charge is 0.354 e. The maximum Gasteiger partial charge on any atom is 0.354 e. The van der Waals surface area contributed by atoms with Crippen molar-refractivity contribution in [1.82, 2.24) is 15.6 Å². The SMILES string of the molecule is CCSCCC(C)NC(=O)NCc1ccc(C(=O)O)nc1. The van der Waals surface area contributed by atoms with E-state index in [2.05, 4.69) is 22.5 Å². The van der Waals surface area contributed by atoms with E-state index >= 15 is 0 Å². The average Bonchev–Trinajstić information content (AvgIpc) is 2.46. The van der Waals surface area contributed by atoms with Crippen molar-refractivity contribution < 1.29 is 14.7 Å². The first kappa shape index (κ1) is 17.3. The molecule has 0 aliphatic carbocycles. The van der Waals surface area contributed by atoms with E-state index in [0.717, 1.165) is 23.5 Å². The minimum atomic E-state index is -1.06. The third-order valence-electron chi connectivity index (χ3n) is 2.77. The minimum Gasteiger partial charge on any atom is -0.477 e. The first-order valence-electron chi connectivity index (χ1n) is 6.83. The van der Waals surface area contributed by atoms with Crippen molar-refractivity contribution in [1.29, 1.82) is 0 Å². The van der Waals surface area contributed by atoms with E-state index in [9.17, 15) is 9.59 Å². The van der Waals surface area contributed by atoms with Gasteiger partial charge in [-0.25, -0.2) is 14.6 Å². The van der Waals surface area contributed by atoms with E-state index < -0.39 is 5.97 Å². The molecule has 1 heterocycles. The first-order chi connectivity index (χ1) is 10.0. The maximum atomic E-state index is 11.7. The zero-order valence-corrected chi connectivity index (χ0v) is 13.1. The predicted molar refractivity (Wildman–Crippen MR) is 83.6 cm³/mol. The molecule has 0 aliphatic heterocycles. The van der Waals surface area contributed by atoms with Crippen LogP contribution in [-0.2, 0) is 6.54 Å². The van der Waals surface area contributed by atoms with E-state index in [1.54, 1.807) is 6.07 Å². The van der Waals surface area contributed by atoms with Crippen LogP contribution in [0.1, 0.15) is 36.3 Å². The molecular weight excluding hydrogens is 290 g/mol. The van der Waals surface area contributed by atoms with Gasteiger partial charge in [-0.3, -0.25) is 0 Å². The zero-order valence-electron chi connectivity index (χ0n) is 12.3. The molecule has 2 amide bonds. The maximum absolute atomic E-state index is 11.7. The molecule has 0 fully saturated rings. The van der Waals surface area contributed by atoms with Gasteiger partial charge < -0.3 is 15.7 Å². The summed E-state index contributed by atoms with van der Waals surface area (Å²) in [6.07, 6.45) is 2.38. The number of aromatic nitrogens is 1. The number of urea groups is 1. The van der Waals surface area contributed by atoms with Gasteiger partial charge in [-0.2, -0.15) is 11.8 Å². The lowest BCUT2D eigenvalue weighted by atomic mass is 10.2. The number of thioether (sulfide) groups is 1. The summed E-state index contributed by atoms with van der Waals surface area (Å²) in [5, 5.41) is 14.3. The summed E-state index contributed by atoms with van der Waals surface area (Å²) < 4.78 is 0. The molecule has 1 atom stereocenters. The van der Waals surface area contributed by atoms with Crippen molar-refractivity contribution >= 4 is 23.8 Å². The molecule has 1 rings (SSSR count). The molecule has 3 N–H and O–H groups in total. The van der Waals surface area contributed by atoms with Crippen LogP contribution in [0.5, 0.6) is 0 Å². The number of rotatable bonds is 8. The number of carbonyl (C=O) groups is 2. The highest BCUT2D eigenvalue weighted by molar-refractivity contribution is 7.99. The summed E-state index contributed by atoms with van der Waals surface area (Å²) in [5.41, 5.74) is 0.745. The molecule has 21 heavy (non-hydrogen) atoms. The number of carboxylic acid groups (broad SMARTS) is 1. The fourth-order valence-corrected chi connectivity index (χ4v) is 2.40. The fraction of sp³-hybridized carbons (Fsp3) is 0.500. The lowest BCUT2D eigenvalue weighted by molar-refractivity contribution is 0.0690. The predicted octanol–water partition coefficient (Wildman–Crippen LogP) is 2.11. The van der Waals surface area contributed by atoms with Crippen molar-refractivity contribution in [3.05, 3.63) is 29.6 Å². The summed E-state index contributed by atoms with van der Waals surface area (Å²) in [5.74, 6) is 1.04. The number of hydrogen-bond acceptors (Lipinski definition) is 4. The van der Waals surface area contributed by atoms with Crippen LogP contribution in [0, 0.1) is 0 Å². The Labute approximate surface area is 128 Å². The number of amides is 2. The summed E-state index contributed by atoms with van der Waals surface area (Å²) in [6, 6.07) is 2.95. The van der Waals surface area contributed by atoms with Crippen LogP contribution in [0.4, 0.5) is 4.79 Å². The van der Waals surface area contributed by atoms with Crippen molar-refractivity contribution in [3.8, 4) is 0 Å². The van der Waals surface area contributed by atoms with Gasteiger partial charge in [0.15, 0.2) is 0 Å². The Morgan fingerprint density at radius 1 is 1.43 bits per heavy atom. The molecule has 7 heteroatoms. The van der Waals surface area contributed by atoms with Gasteiger partial charge in [0, 0.05) is 18.8 Å². The second-order valence-electron chi connectivity index (χ2n) is 4.57. The van der Waals surface area contributed by atoms with Crippen LogP contribution in [0.25, 0.3) is 0 Å². The van der Waals surface area contributed by atoms with Crippen LogP contribution in [0.15, 0.2) is 18.3 Å². The Morgan fingerprint density at radius 3 is 2.76 bits per heavy atom. The quantitative estimate of drug-likeness (QED) is 0.640. The summed E-state index contributed by atoms with van der Waals surface area (Å²) in [7, 11) is 0. The normalized spacial score (nSPS) is 11.7. The van der Waals surface area contributed by atoms with E-state index in [1.807, 2.05) is 18.7 Å². The van der Waals surface area contributed by atoms with Gasteiger partial charge in [0.1, 0.15) is 5.69 Å². The Morgan fingerprint density at radius 2 is 2.19 bits per heavy atom. The van der Waals surface area contributed by atoms with Crippen molar-refractivity contribution in [2.75, 3.05) is 11.5 Å². The Kier molecular flexibility index (Phi) is 7.60. The average molecular weight is 311 g/mol. The standard InChI is InChI=1S/C14H21N3O3S/c1-3-21-7-6-10(2)17-14(20)16-9-11-4-5-12(13(18)19)15-8-11/h4-5,8,10H,3,6-7,9H2,1-2H3,(H,18,19)(H2,16,17,20). The molecule has 1 aromatic heterocycles. The van der Waals surface area contributed by atoms with Gasteiger partial charge in [0.2, 0.25) is 0 Å². The fourth-order valence-electron chi connectivity index (χ4n) is 1.59. The lowest BCUT2D eigenvalue weighted by Gasteiger charge is -2.14. The molecule has 1 unspecified atom stereocenters. The Bertz CT molecular complexity index is 465. The minimum absolute atomic E-state index is 0.00903. The first-order valence-corrected chi connectivity index (χ1v) is 7.98. The topological polar surface area (TPSA) is 91.3 Å². The number of aromatic carboxylic acids is 1. The number of carbonyl (C=O) groups excluding carboxylic acids is 1. The molecule has 1 aromatic rings. The van der Waals surface area contributed by atoms with E-state index in [1.165, 1.54) is 12.3 Å². The van der Waals surface area contributed by atoms with Gasteiger partial charge in [-0.15, -0.1) is 0 Å². The molecular formula is C14H21N3O3S. The third kappa shape index (κ3) is 6.99. The molecule has 0 radical (unpaired) electrons. The number of nitrogens with zero attached hydrogens (tertiary/aromatic N) is 1. The van der Waals surface area contributed by atoms with Gasteiger partial charge in [-0.05, 0) is 36.5 Å². The van der Waals surface area contributed by atoms with Gasteiger partial charge >= 0.3 is 12.0 Å². The van der Waals surface area contributed by atoms with Crippen LogP contribution < -0.4 is 10.6 Å². The third-order valence-corrected chi connectivity index (χ3v) is 3.71. The molecule has 0 spiro atoms. The van der Waals surface area contributed by atoms with E-state index in [-0.39, 0.29) is 17.8 Å². The number of pyridine rings is 1. The highest BCUT2D eigenvalue weighted by atomic mass is 32.2.